The second-order valence-electron chi connectivity index (χ2n) is 5.82. The normalized spacial score (nSPS) is 20.3. The molecule has 0 N–H and O–H groups in total. The average molecular weight is 286 g/mol. The topological polar surface area (TPSA) is 42.0 Å². The van der Waals surface area contributed by atoms with Crippen molar-refractivity contribution in [2.75, 3.05) is 53.0 Å². The maximum atomic E-state index is 10.8. The van der Waals surface area contributed by atoms with Crippen LogP contribution in [0.2, 0.25) is 0 Å². The zero-order valence-corrected chi connectivity index (χ0v) is 13.3. The second-order valence-corrected chi connectivity index (χ2v) is 5.82. The minimum Gasteiger partial charge on any atom is -0.453 e. The summed E-state index contributed by atoms with van der Waals surface area (Å²) < 4.78 is 9.57. The maximum absolute atomic E-state index is 10.8. The van der Waals surface area contributed by atoms with E-state index in [-0.39, 0.29) is 6.09 Å². The zero-order valence-electron chi connectivity index (χ0n) is 13.3. The summed E-state index contributed by atoms with van der Waals surface area (Å²) in [6.07, 6.45) is 4.04. The molecule has 0 aromatic carbocycles. The summed E-state index contributed by atoms with van der Waals surface area (Å²) in [5.74, 6) is 0.845. The number of piperidine rings is 1. The van der Waals surface area contributed by atoms with Crippen molar-refractivity contribution < 1.29 is 14.3 Å². The lowest BCUT2D eigenvalue weighted by atomic mass is 10.1. The summed E-state index contributed by atoms with van der Waals surface area (Å²) in [5, 5.41) is 0. The van der Waals surface area contributed by atoms with Crippen LogP contribution in [0.1, 0.15) is 33.1 Å². The standard InChI is InChI=1S/C9H19N.C6H11NO3/c1-9(2)8-10-6-4-3-5-7-10;1-9-6(8)7-2-4-10-5-3-7/h9H,3-8H2,1-2H3;2-5H2,1H3. The molecule has 20 heavy (non-hydrogen) atoms. The lowest BCUT2D eigenvalue weighted by molar-refractivity contribution is 0.0334. The van der Waals surface area contributed by atoms with Gasteiger partial charge in [0.1, 0.15) is 0 Å². The lowest BCUT2D eigenvalue weighted by Crippen LogP contribution is -2.40. The van der Waals surface area contributed by atoms with Gasteiger partial charge in [0.2, 0.25) is 0 Å². The quantitative estimate of drug-likeness (QED) is 0.780. The second kappa shape index (κ2) is 10.00. The van der Waals surface area contributed by atoms with E-state index in [9.17, 15) is 4.79 Å². The Labute approximate surface area is 123 Å². The molecule has 0 spiro atoms. The fourth-order valence-electron chi connectivity index (χ4n) is 2.53. The first-order chi connectivity index (χ1) is 9.63. The van der Waals surface area contributed by atoms with Crippen LogP contribution in [0, 0.1) is 5.92 Å². The summed E-state index contributed by atoms with van der Waals surface area (Å²) in [6, 6.07) is 0. The smallest absolute Gasteiger partial charge is 0.409 e. The molecule has 0 aliphatic carbocycles. The van der Waals surface area contributed by atoms with E-state index in [1.165, 1.54) is 46.0 Å². The molecule has 0 aromatic heterocycles. The van der Waals surface area contributed by atoms with Crippen LogP contribution in [0.25, 0.3) is 0 Å². The molecule has 0 bridgehead atoms. The van der Waals surface area contributed by atoms with E-state index in [0.717, 1.165) is 5.92 Å². The van der Waals surface area contributed by atoms with Crippen molar-refractivity contribution in [1.29, 1.82) is 0 Å². The van der Waals surface area contributed by atoms with Gasteiger partial charge in [-0.25, -0.2) is 4.79 Å². The summed E-state index contributed by atoms with van der Waals surface area (Å²) in [7, 11) is 1.39. The Morgan fingerprint density at radius 3 is 2.20 bits per heavy atom. The van der Waals surface area contributed by atoms with Crippen LogP contribution >= 0.6 is 0 Å². The van der Waals surface area contributed by atoms with Crippen molar-refractivity contribution in [3.05, 3.63) is 0 Å². The summed E-state index contributed by atoms with van der Waals surface area (Å²) in [6.45, 7) is 11.1. The molecule has 0 saturated carbocycles. The maximum Gasteiger partial charge on any atom is 0.409 e. The Hall–Kier alpha value is -0.810. The Kier molecular flexibility index (Phi) is 8.62. The number of amides is 1. The number of hydrogen-bond acceptors (Lipinski definition) is 4. The molecule has 2 rings (SSSR count). The molecule has 0 radical (unpaired) electrons. The highest BCUT2D eigenvalue weighted by Gasteiger charge is 2.16. The van der Waals surface area contributed by atoms with Crippen molar-refractivity contribution in [3.63, 3.8) is 0 Å². The lowest BCUT2D eigenvalue weighted by Gasteiger charge is -2.27. The van der Waals surface area contributed by atoms with E-state index in [1.54, 1.807) is 4.90 Å². The van der Waals surface area contributed by atoms with Gasteiger partial charge in [0.15, 0.2) is 0 Å². The molecule has 5 nitrogen and oxygen atoms in total. The predicted octanol–water partition coefficient (Wildman–Crippen LogP) is 2.21. The molecule has 2 saturated heterocycles. The summed E-state index contributed by atoms with van der Waals surface area (Å²) in [5.41, 5.74) is 0. The third-order valence-corrected chi connectivity index (χ3v) is 3.52. The van der Waals surface area contributed by atoms with Crippen LogP contribution < -0.4 is 0 Å². The summed E-state index contributed by atoms with van der Waals surface area (Å²) >= 11 is 0. The third-order valence-electron chi connectivity index (χ3n) is 3.52. The predicted molar refractivity (Wildman–Crippen MR) is 79.9 cm³/mol. The average Bonchev–Trinajstić information content (AvgIpc) is 2.48. The van der Waals surface area contributed by atoms with E-state index in [4.69, 9.17) is 4.74 Å². The van der Waals surface area contributed by atoms with Gasteiger partial charge >= 0.3 is 6.09 Å². The SMILES string of the molecule is CC(C)CN1CCCCC1.COC(=O)N1CCOCC1. The molecule has 2 aliphatic rings. The molecule has 0 aromatic rings. The number of hydrogen-bond donors (Lipinski definition) is 0. The van der Waals surface area contributed by atoms with Crippen LogP contribution in [-0.4, -0.2) is 68.9 Å². The fraction of sp³-hybridized carbons (Fsp3) is 0.933. The number of methoxy groups -OCH3 is 1. The summed E-state index contributed by atoms with van der Waals surface area (Å²) in [4.78, 5) is 15.0. The van der Waals surface area contributed by atoms with E-state index in [0.29, 0.717) is 26.3 Å². The number of likely N-dealkylation sites (tertiary alicyclic amines) is 1. The molecular formula is C15H30N2O3. The molecule has 2 aliphatic heterocycles. The number of carbonyl (C=O) groups is 1. The molecule has 0 unspecified atom stereocenters. The Balaban J connectivity index is 0.000000200. The minimum atomic E-state index is -0.261. The number of rotatable bonds is 2. The highest BCUT2D eigenvalue weighted by atomic mass is 16.5. The van der Waals surface area contributed by atoms with E-state index in [2.05, 4.69) is 23.5 Å². The van der Waals surface area contributed by atoms with Crippen molar-refractivity contribution in [1.82, 2.24) is 9.80 Å². The van der Waals surface area contributed by atoms with Crippen molar-refractivity contribution in [2.45, 2.75) is 33.1 Å². The molecule has 5 heteroatoms. The van der Waals surface area contributed by atoms with Crippen LogP contribution in [0.5, 0.6) is 0 Å². The van der Waals surface area contributed by atoms with Crippen molar-refractivity contribution in [3.8, 4) is 0 Å². The molecule has 2 heterocycles. The van der Waals surface area contributed by atoms with Crippen molar-refractivity contribution >= 4 is 6.09 Å². The molecule has 0 atom stereocenters. The Morgan fingerprint density at radius 2 is 1.70 bits per heavy atom. The third kappa shape index (κ3) is 7.10. The van der Waals surface area contributed by atoms with E-state index < -0.39 is 0 Å². The van der Waals surface area contributed by atoms with Gasteiger partial charge in [-0.15, -0.1) is 0 Å². The number of nitrogens with zero attached hydrogens (tertiary/aromatic N) is 2. The van der Waals surface area contributed by atoms with Gasteiger partial charge in [0.05, 0.1) is 20.3 Å². The first-order valence-corrected chi connectivity index (χ1v) is 7.76. The van der Waals surface area contributed by atoms with Crippen LogP contribution in [0.3, 0.4) is 0 Å². The zero-order chi connectivity index (χ0) is 14.8. The van der Waals surface area contributed by atoms with Crippen molar-refractivity contribution in [2.24, 2.45) is 5.92 Å². The van der Waals surface area contributed by atoms with E-state index in [1.807, 2.05) is 0 Å². The highest BCUT2D eigenvalue weighted by Crippen LogP contribution is 2.10. The van der Waals surface area contributed by atoms with Gasteiger partial charge in [-0.1, -0.05) is 20.3 Å². The molecule has 1 amide bonds. The molecule has 2 fully saturated rings. The minimum absolute atomic E-state index is 0.261. The van der Waals surface area contributed by atoms with E-state index >= 15 is 0 Å². The highest BCUT2D eigenvalue weighted by molar-refractivity contribution is 5.67. The van der Waals surface area contributed by atoms with Gasteiger partial charge in [-0.2, -0.15) is 0 Å². The molecule has 118 valence electrons. The van der Waals surface area contributed by atoms with Gasteiger partial charge in [0.25, 0.3) is 0 Å². The monoisotopic (exact) mass is 286 g/mol. The van der Waals surface area contributed by atoms with Gasteiger partial charge < -0.3 is 19.3 Å². The van der Waals surface area contributed by atoms with Gasteiger partial charge in [-0.05, 0) is 31.8 Å². The number of ether oxygens (including phenoxy) is 2. The Morgan fingerprint density at radius 1 is 1.10 bits per heavy atom. The fourth-order valence-corrected chi connectivity index (χ4v) is 2.53. The molecular weight excluding hydrogens is 256 g/mol. The largest absolute Gasteiger partial charge is 0.453 e. The van der Waals surface area contributed by atoms with Crippen LogP contribution in [0.15, 0.2) is 0 Å². The number of morpholine rings is 1. The first-order valence-electron chi connectivity index (χ1n) is 7.76. The van der Waals surface area contributed by atoms with Gasteiger partial charge in [0, 0.05) is 19.6 Å². The van der Waals surface area contributed by atoms with Crippen LogP contribution in [-0.2, 0) is 9.47 Å². The van der Waals surface area contributed by atoms with Crippen LogP contribution in [0.4, 0.5) is 4.79 Å². The number of carbonyl (C=O) groups excluding carboxylic acids is 1. The Bertz CT molecular complexity index is 260. The first kappa shape index (κ1) is 17.2. The van der Waals surface area contributed by atoms with Gasteiger partial charge in [-0.3, -0.25) is 0 Å².